The fourth-order valence-corrected chi connectivity index (χ4v) is 1.76. The normalized spacial score (nSPS) is 11.6. The molecule has 0 amide bonds. The third kappa shape index (κ3) is 3.84. The summed E-state index contributed by atoms with van der Waals surface area (Å²) in [5.74, 6) is 2.13. The van der Waals surface area contributed by atoms with Crippen molar-refractivity contribution in [1.29, 1.82) is 0 Å². The Bertz CT molecular complexity index is 404. The van der Waals surface area contributed by atoms with Crippen LogP contribution in [0.3, 0.4) is 0 Å². The summed E-state index contributed by atoms with van der Waals surface area (Å²) >= 11 is 0. The van der Waals surface area contributed by atoms with Crippen molar-refractivity contribution < 1.29 is 4.74 Å². The predicted octanol–water partition coefficient (Wildman–Crippen LogP) is 2.16. The van der Waals surface area contributed by atoms with Gasteiger partial charge < -0.3 is 15.8 Å². The van der Waals surface area contributed by atoms with Gasteiger partial charge in [0.05, 0.1) is 12.1 Å². The molecule has 0 aromatic carbocycles. The molecule has 0 unspecified atom stereocenters. The second-order valence-corrected chi connectivity index (χ2v) is 5.19. The number of aromatic nitrogens is 2. The van der Waals surface area contributed by atoms with Crippen molar-refractivity contribution in [3.05, 3.63) is 11.4 Å². The van der Waals surface area contributed by atoms with Crippen molar-refractivity contribution >= 4 is 11.6 Å². The van der Waals surface area contributed by atoms with Crippen molar-refractivity contribution in [2.75, 3.05) is 24.8 Å². The minimum absolute atomic E-state index is 0.191. The van der Waals surface area contributed by atoms with E-state index in [0.717, 1.165) is 30.0 Å². The summed E-state index contributed by atoms with van der Waals surface area (Å²) in [6, 6.07) is 0. The molecule has 102 valence electrons. The summed E-state index contributed by atoms with van der Waals surface area (Å²) < 4.78 is 5.19. The maximum atomic E-state index is 5.92. The van der Waals surface area contributed by atoms with Gasteiger partial charge >= 0.3 is 0 Å². The molecule has 0 spiro atoms. The highest BCUT2D eigenvalue weighted by Gasteiger charge is 2.20. The van der Waals surface area contributed by atoms with Crippen LogP contribution in [0.1, 0.15) is 38.6 Å². The van der Waals surface area contributed by atoms with Crippen LogP contribution in [-0.2, 0) is 11.2 Å². The number of aryl methyl sites for hydroxylation is 1. The molecule has 0 fully saturated rings. The minimum Gasteiger partial charge on any atom is -0.383 e. The van der Waals surface area contributed by atoms with Crippen LogP contribution in [0.4, 0.5) is 11.6 Å². The van der Waals surface area contributed by atoms with Crippen LogP contribution in [0.2, 0.25) is 0 Å². The molecule has 5 nitrogen and oxygen atoms in total. The molecule has 0 saturated carbocycles. The van der Waals surface area contributed by atoms with Gasteiger partial charge in [-0.25, -0.2) is 9.97 Å². The summed E-state index contributed by atoms with van der Waals surface area (Å²) in [4.78, 5) is 8.83. The number of hydrogen-bond acceptors (Lipinski definition) is 5. The quantitative estimate of drug-likeness (QED) is 0.811. The molecule has 0 radical (unpaired) electrons. The van der Waals surface area contributed by atoms with Crippen LogP contribution >= 0.6 is 0 Å². The van der Waals surface area contributed by atoms with Crippen molar-refractivity contribution in [3.63, 3.8) is 0 Å². The summed E-state index contributed by atoms with van der Waals surface area (Å²) in [6.45, 7) is 8.75. The number of nitrogens with zero attached hydrogens (tertiary/aromatic N) is 2. The molecule has 1 rings (SSSR count). The van der Waals surface area contributed by atoms with E-state index in [0.29, 0.717) is 12.4 Å². The molecule has 1 heterocycles. The number of nitrogen functional groups attached to an aromatic ring is 1. The van der Waals surface area contributed by atoms with Gasteiger partial charge in [-0.3, -0.25) is 0 Å². The van der Waals surface area contributed by atoms with E-state index in [2.05, 4.69) is 36.1 Å². The highest BCUT2D eigenvalue weighted by Crippen LogP contribution is 2.21. The molecule has 18 heavy (non-hydrogen) atoms. The van der Waals surface area contributed by atoms with Crippen molar-refractivity contribution in [2.24, 2.45) is 0 Å². The number of nitrogens with two attached hydrogens (primary N) is 1. The number of methoxy groups -OCH3 is 1. The highest BCUT2D eigenvalue weighted by atomic mass is 16.5. The van der Waals surface area contributed by atoms with Crippen LogP contribution in [0.25, 0.3) is 0 Å². The molecule has 0 aliphatic heterocycles. The molecule has 5 heteroatoms. The first kappa shape index (κ1) is 14.7. The monoisotopic (exact) mass is 252 g/mol. The number of hydrogen-bond donors (Lipinski definition) is 2. The SMILES string of the molecule is CCCc1nc(N)c(C)c(NC(C)(C)COC)n1. The van der Waals surface area contributed by atoms with Crippen molar-refractivity contribution in [2.45, 2.75) is 46.1 Å². The first-order chi connectivity index (χ1) is 8.39. The third-order valence-corrected chi connectivity index (χ3v) is 2.67. The van der Waals surface area contributed by atoms with Gasteiger partial charge in [0.2, 0.25) is 0 Å². The molecule has 0 bridgehead atoms. The van der Waals surface area contributed by atoms with Crippen molar-refractivity contribution in [3.8, 4) is 0 Å². The summed E-state index contributed by atoms with van der Waals surface area (Å²) in [7, 11) is 1.69. The van der Waals surface area contributed by atoms with E-state index in [-0.39, 0.29) is 5.54 Å². The second-order valence-electron chi connectivity index (χ2n) is 5.19. The van der Waals surface area contributed by atoms with E-state index in [1.54, 1.807) is 7.11 Å². The van der Waals surface area contributed by atoms with E-state index in [9.17, 15) is 0 Å². The van der Waals surface area contributed by atoms with E-state index in [1.165, 1.54) is 0 Å². The van der Waals surface area contributed by atoms with E-state index < -0.39 is 0 Å². The zero-order valence-corrected chi connectivity index (χ0v) is 12.0. The molecule has 0 aliphatic carbocycles. The van der Waals surface area contributed by atoms with Gasteiger partial charge in [0.1, 0.15) is 17.5 Å². The molecule has 1 aromatic rings. The van der Waals surface area contributed by atoms with Gasteiger partial charge in [0.15, 0.2) is 0 Å². The largest absolute Gasteiger partial charge is 0.383 e. The lowest BCUT2D eigenvalue weighted by Crippen LogP contribution is -2.36. The van der Waals surface area contributed by atoms with Gasteiger partial charge in [0, 0.05) is 19.1 Å². The molecule has 0 atom stereocenters. The topological polar surface area (TPSA) is 73.1 Å². The van der Waals surface area contributed by atoms with E-state index in [1.807, 2.05) is 6.92 Å². The van der Waals surface area contributed by atoms with Gasteiger partial charge in [0.25, 0.3) is 0 Å². The van der Waals surface area contributed by atoms with Crippen LogP contribution in [0.5, 0.6) is 0 Å². The zero-order valence-electron chi connectivity index (χ0n) is 12.0. The first-order valence-electron chi connectivity index (χ1n) is 6.29. The van der Waals surface area contributed by atoms with E-state index in [4.69, 9.17) is 10.5 Å². The Morgan fingerprint density at radius 2 is 2.00 bits per heavy atom. The molecular formula is C13H24N4O. The van der Waals surface area contributed by atoms with Gasteiger partial charge in [-0.15, -0.1) is 0 Å². The maximum Gasteiger partial charge on any atom is 0.135 e. The molecule has 0 aliphatic rings. The number of ether oxygens (including phenoxy) is 1. The lowest BCUT2D eigenvalue weighted by atomic mass is 10.1. The molecule has 0 saturated heterocycles. The second kappa shape index (κ2) is 6.00. The lowest BCUT2D eigenvalue weighted by molar-refractivity contribution is 0.158. The average molecular weight is 252 g/mol. The summed E-state index contributed by atoms with van der Waals surface area (Å²) in [5.41, 5.74) is 6.62. The third-order valence-electron chi connectivity index (χ3n) is 2.67. The number of anilines is 2. The fourth-order valence-electron chi connectivity index (χ4n) is 1.76. The Hall–Kier alpha value is -1.36. The molecule has 3 N–H and O–H groups in total. The average Bonchev–Trinajstić information content (AvgIpc) is 2.25. The van der Waals surface area contributed by atoms with E-state index >= 15 is 0 Å². The predicted molar refractivity (Wildman–Crippen MR) is 74.8 cm³/mol. The van der Waals surface area contributed by atoms with Crippen LogP contribution in [0, 0.1) is 6.92 Å². The smallest absolute Gasteiger partial charge is 0.135 e. The first-order valence-corrected chi connectivity index (χ1v) is 6.29. The van der Waals surface area contributed by atoms with Gasteiger partial charge in [-0.05, 0) is 27.2 Å². The van der Waals surface area contributed by atoms with Gasteiger partial charge in [-0.2, -0.15) is 0 Å². The Balaban J connectivity index is 3.00. The maximum absolute atomic E-state index is 5.92. The highest BCUT2D eigenvalue weighted by molar-refractivity contribution is 5.55. The number of rotatable bonds is 6. The lowest BCUT2D eigenvalue weighted by Gasteiger charge is -2.27. The van der Waals surface area contributed by atoms with Gasteiger partial charge in [-0.1, -0.05) is 6.92 Å². The van der Waals surface area contributed by atoms with Crippen molar-refractivity contribution in [1.82, 2.24) is 9.97 Å². The fraction of sp³-hybridized carbons (Fsp3) is 0.692. The van der Waals surface area contributed by atoms with Crippen LogP contribution in [0.15, 0.2) is 0 Å². The Kier molecular flexibility index (Phi) is 4.90. The Morgan fingerprint density at radius 3 is 2.56 bits per heavy atom. The number of nitrogens with one attached hydrogen (secondary N) is 1. The van der Waals surface area contributed by atoms with Crippen LogP contribution < -0.4 is 11.1 Å². The van der Waals surface area contributed by atoms with Crippen LogP contribution in [-0.4, -0.2) is 29.2 Å². The molecular weight excluding hydrogens is 228 g/mol. The zero-order chi connectivity index (χ0) is 13.8. The minimum atomic E-state index is -0.191. The summed E-state index contributed by atoms with van der Waals surface area (Å²) in [5, 5.41) is 3.37. The molecule has 1 aromatic heterocycles. The summed E-state index contributed by atoms with van der Waals surface area (Å²) in [6.07, 6.45) is 1.84. The standard InChI is InChI=1S/C13H24N4O/c1-6-7-10-15-11(14)9(2)12(16-10)17-13(3,4)8-18-5/h6-8H2,1-5H3,(H3,14,15,16,17). The Labute approximate surface area is 109 Å². The Morgan fingerprint density at radius 1 is 1.33 bits per heavy atom.